The summed E-state index contributed by atoms with van der Waals surface area (Å²) in [7, 11) is 1.58. The first-order chi connectivity index (χ1) is 10.2. The molecule has 6 heteroatoms. The van der Waals surface area contributed by atoms with Crippen molar-refractivity contribution in [1.29, 1.82) is 0 Å². The Labute approximate surface area is 121 Å². The van der Waals surface area contributed by atoms with Crippen LogP contribution in [0.2, 0.25) is 0 Å². The molecule has 0 saturated carbocycles. The second kappa shape index (κ2) is 5.32. The molecule has 0 spiro atoms. The highest BCUT2D eigenvalue weighted by Crippen LogP contribution is 2.21. The van der Waals surface area contributed by atoms with Crippen LogP contribution in [-0.2, 0) is 6.54 Å². The quantitative estimate of drug-likeness (QED) is 0.797. The number of fused-ring (bicyclic) bond motifs is 1. The Balaban J connectivity index is 1.92. The average Bonchev–Trinajstić information content (AvgIpc) is 3.10. The second-order valence-electron chi connectivity index (χ2n) is 4.58. The lowest BCUT2D eigenvalue weighted by atomic mass is 10.3. The van der Waals surface area contributed by atoms with Crippen molar-refractivity contribution in [1.82, 2.24) is 14.7 Å². The lowest BCUT2D eigenvalue weighted by Gasteiger charge is -2.05. The van der Waals surface area contributed by atoms with E-state index in [1.54, 1.807) is 37.0 Å². The summed E-state index contributed by atoms with van der Waals surface area (Å²) < 4.78 is 12.2. The van der Waals surface area contributed by atoms with Gasteiger partial charge in [0.2, 0.25) is 0 Å². The average molecular weight is 285 g/mol. The molecule has 0 saturated heterocycles. The summed E-state index contributed by atoms with van der Waals surface area (Å²) in [5, 5.41) is 2.82. The van der Waals surface area contributed by atoms with Gasteiger partial charge in [-0.15, -0.1) is 0 Å². The van der Waals surface area contributed by atoms with Gasteiger partial charge in [-0.1, -0.05) is 0 Å². The van der Waals surface area contributed by atoms with E-state index >= 15 is 0 Å². The third-order valence-electron chi connectivity index (χ3n) is 3.23. The number of hydrogen-bond acceptors (Lipinski definition) is 4. The Morgan fingerprint density at radius 1 is 1.43 bits per heavy atom. The SMILES string of the molecule is COc1cccn2c(C(=O)NCc3ccco3)c(C)nc12. The van der Waals surface area contributed by atoms with Crippen LogP contribution in [0.4, 0.5) is 0 Å². The monoisotopic (exact) mass is 285 g/mol. The molecule has 0 aromatic carbocycles. The van der Waals surface area contributed by atoms with Crippen LogP contribution in [0.5, 0.6) is 5.75 Å². The molecular formula is C15H15N3O3. The van der Waals surface area contributed by atoms with Crippen molar-refractivity contribution in [2.24, 2.45) is 0 Å². The molecule has 0 unspecified atom stereocenters. The van der Waals surface area contributed by atoms with Crippen molar-refractivity contribution >= 4 is 11.6 Å². The van der Waals surface area contributed by atoms with E-state index in [4.69, 9.17) is 9.15 Å². The first-order valence-corrected chi connectivity index (χ1v) is 6.53. The van der Waals surface area contributed by atoms with Gasteiger partial charge in [-0.3, -0.25) is 9.20 Å². The topological polar surface area (TPSA) is 68.8 Å². The number of furan rings is 1. The minimum atomic E-state index is -0.204. The summed E-state index contributed by atoms with van der Waals surface area (Å²) >= 11 is 0. The predicted molar refractivity (Wildman–Crippen MR) is 76.4 cm³/mol. The maximum absolute atomic E-state index is 12.4. The van der Waals surface area contributed by atoms with Gasteiger partial charge < -0.3 is 14.5 Å². The fraction of sp³-hybridized carbons (Fsp3) is 0.200. The smallest absolute Gasteiger partial charge is 0.270 e. The van der Waals surface area contributed by atoms with Crippen molar-refractivity contribution < 1.29 is 13.9 Å². The van der Waals surface area contributed by atoms with E-state index < -0.39 is 0 Å². The van der Waals surface area contributed by atoms with Crippen LogP contribution in [0.25, 0.3) is 5.65 Å². The van der Waals surface area contributed by atoms with Gasteiger partial charge in [0.25, 0.3) is 5.91 Å². The Bertz CT molecular complexity index is 775. The summed E-state index contributed by atoms with van der Waals surface area (Å²) in [4.78, 5) is 16.8. The molecule has 3 aromatic heterocycles. The highest BCUT2D eigenvalue weighted by molar-refractivity contribution is 5.94. The molecule has 3 aromatic rings. The highest BCUT2D eigenvalue weighted by atomic mass is 16.5. The maximum atomic E-state index is 12.4. The molecule has 21 heavy (non-hydrogen) atoms. The molecule has 3 heterocycles. The summed E-state index contributed by atoms with van der Waals surface area (Å²) in [5.74, 6) is 1.13. The third-order valence-corrected chi connectivity index (χ3v) is 3.23. The fourth-order valence-corrected chi connectivity index (χ4v) is 2.25. The van der Waals surface area contributed by atoms with Gasteiger partial charge in [0.15, 0.2) is 11.4 Å². The van der Waals surface area contributed by atoms with Gasteiger partial charge in [0, 0.05) is 6.20 Å². The van der Waals surface area contributed by atoms with Crippen molar-refractivity contribution in [3.05, 3.63) is 53.9 Å². The predicted octanol–water partition coefficient (Wildman–Crippen LogP) is 2.17. The Morgan fingerprint density at radius 2 is 2.29 bits per heavy atom. The number of methoxy groups -OCH3 is 1. The van der Waals surface area contributed by atoms with Crippen LogP contribution >= 0.6 is 0 Å². The molecule has 0 fully saturated rings. The Hall–Kier alpha value is -2.76. The lowest BCUT2D eigenvalue weighted by Crippen LogP contribution is -2.24. The van der Waals surface area contributed by atoms with Crippen molar-refractivity contribution in [2.45, 2.75) is 13.5 Å². The zero-order valence-electron chi connectivity index (χ0n) is 11.8. The molecule has 108 valence electrons. The standard InChI is InChI=1S/C15H15N3O3/c1-10-13(15(19)16-9-11-5-4-8-21-11)18-7-3-6-12(20-2)14(18)17-10/h3-8H,9H2,1-2H3,(H,16,19). The normalized spacial score (nSPS) is 10.8. The van der Waals surface area contributed by atoms with Crippen LogP contribution in [0.15, 0.2) is 41.1 Å². The molecule has 0 radical (unpaired) electrons. The molecule has 6 nitrogen and oxygen atoms in total. The van der Waals surface area contributed by atoms with Crippen LogP contribution in [0, 0.1) is 6.92 Å². The van der Waals surface area contributed by atoms with Gasteiger partial charge in [-0.2, -0.15) is 0 Å². The van der Waals surface area contributed by atoms with Crippen molar-refractivity contribution in [3.8, 4) is 5.75 Å². The number of aryl methyl sites for hydroxylation is 1. The molecule has 0 bridgehead atoms. The largest absolute Gasteiger partial charge is 0.493 e. The summed E-state index contributed by atoms with van der Waals surface area (Å²) in [6, 6.07) is 7.22. The molecule has 0 aliphatic carbocycles. The summed E-state index contributed by atoms with van der Waals surface area (Å²) in [5.41, 5.74) is 1.77. The van der Waals surface area contributed by atoms with Crippen LogP contribution in [-0.4, -0.2) is 22.4 Å². The maximum Gasteiger partial charge on any atom is 0.270 e. The number of rotatable bonds is 4. The number of amides is 1. The van der Waals surface area contributed by atoms with Gasteiger partial charge in [0.05, 0.1) is 25.6 Å². The molecule has 0 aliphatic rings. The van der Waals surface area contributed by atoms with Gasteiger partial charge in [-0.05, 0) is 31.2 Å². The van der Waals surface area contributed by atoms with E-state index in [0.717, 1.165) is 0 Å². The van der Waals surface area contributed by atoms with Crippen LogP contribution in [0.1, 0.15) is 21.9 Å². The molecule has 1 N–H and O–H groups in total. The fourth-order valence-electron chi connectivity index (χ4n) is 2.25. The first-order valence-electron chi connectivity index (χ1n) is 6.53. The van der Waals surface area contributed by atoms with Crippen molar-refractivity contribution in [2.75, 3.05) is 7.11 Å². The van der Waals surface area contributed by atoms with E-state index in [2.05, 4.69) is 10.3 Å². The van der Waals surface area contributed by atoms with E-state index in [1.165, 1.54) is 0 Å². The number of hydrogen-bond donors (Lipinski definition) is 1. The van der Waals surface area contributed by atoms with E-state index in [-0.39, 0.29) is 5.91 Å². The van der Waals surface area contributed by atoms with Gasteiger partial charge >= 0.3 is 0 Å². The lowest BCUT2D eigenvalue weighted by molar-refractivity contribution is 0.0941. The number of ether oxygens (including phenoxy) is 1. The van der Waals surface area contributed by atoms with E-state index in [9.17, 15) is 4.79 Å². The minimum Gasteiger partial charge on any atom is -0.493 e. The summed E-state index contributed by atoms with van der Waals surface area (Å²) in [6.45, 7) is 2.14. The number of aromatic nitrogens is 2. The van der Waals surface area contributed by atoms with E-state index in [0.29, 0.717) is 35.1 Å². The number of nitrogens with zero attached hydrogens (tertiary/aromatic N) is 2. The number of pyridine rings is 1. The van der Waals surface area contributed by atoms with Crippen LogP contribution < -0.4 is 10.1 Å². The third kappa shape index (κ3) is 2.35. The number of imidazole rings is 1. The molecule has 3 rings (SSSR count). The van der Waals surface area contributed by atoms with Gasteiger partial charge in [-0.25, -0.2) is 4.98 Å². The van der Waals surface area contributed by atoms with Gasteiger partial charge in [0.1, 0.15) is 11.5 Å². The zero-order valence-corrected chi connectivity index (χ0v) is 11.8. The van der Waals surface area contributed by atoms with E-state index in [1.807, 2.05) is 18.2 Å². The first kappa shape index (κ1) is 13.2. The number of carbonyl (C=O) groups is 1. The Morgan fingerprint density at radius 3 is 3.00 bits per heavy atom. The molecule has 0 aliphatic heterocycles. The minimum absolute atomic E-state index is 0.204. The molecular weight excluding hydrogens is 270 g/mol. The molecule has 1 amide bonds. The van der Waals surface area contributed by atoms with Crippen molar-refractivity contribution in [3.63, 3.8) is 0 Å². The van der Waals surface area contributed by atoms with Crippen LogP contribution in [0.3, 0.4) is 0 Å². The molecule has 0 atom stereocenters. The highest BCUT2D eigenvalue weighted by Gasteiger charge is 2.18. The zero-order chi connectivity index (χ0) is 14.8. The second-order valence-corrected chi connectivity index (χ2v) is 4.58. The number of carbonyl (C=O) groups excluding carboxylic acids is 1. The summed E-state index contributed by atoms with van der Waals surface area (Å²) in [6.07, 6.45) is 3.37. The Kier molecular flexibility index (Phi) is 3.35. The number of nitrogens with one attached hydrogen (secondary N) is 1.